The van der Waals surface area contributed by atoms with Gasteiger partial charge >= 0.3 is 6.18 Å². The molecule has 1 aromatic rings. The largest absolute Gasteiger partial charge is 0.390 e. The molecule has 1 atom stereocenters. The summed E-state index contributed by atoms with van der Waals surface area (Å²) in [7, 11) is 0. The summed E-state index contributed by atoms with van der Waals surface area (Å²) in [5, 5.41) is -0.990. The summed E-state index contributed by atoms with van der Waals surface area (Å²) in [6.45, 7) is 2.06. The Hall–Kier alpha value is -0.700. The molecule has 0 spiro atoms. The van der Waals surface area contributed by atoms with Gasteiger partial charge in [-0.25, -0.2) is 0 Å². The molecular weight excluding hydrogens is 237 g/mol. The number of rotatable bonds is 4. The molecular formula is C12H14ClF3. The zero-order chi connectivity index (χ0) is 12.2. The van der Waals surface area contributed by atoms with Crippen LogP contribution in [0, 0.1) is 0 Å². The van der Waals surface area contributed by atoms with Gasteiger partial charge in [0.05, 0.1) is 11.8 Å². The number of halogens is 4. The molecule has 0 nitrogen and oxygen atoms in total. The molecule has 1 aromatic carbocycles. The van der Waals surface area contributed by atoms with Crippen LogP contribution in [0.2, 0.25) is 0 Å². The quantitative estimate of drug-likeness (QED) is 0.669. The van der Waals surface area contributed by atoms with Crippen molar-refractivity contribution in [3.05, 3.63) is 35.4 Å². The maximum atomic E-state index is 12.1. The van der Waals surface area contributed by atoms with Gasteiger partial charge in [-0.3, -0.25) is 0 Å². The molecule has 1 unspecified atom stereocenters. The first kappa shape index (κ1) is 13.4. The molecule has 0 aliphatic heterocycles. The predicted octanol–water partition coefficient (Wildman–Crippen LogP) is 4.87. The Bertz CT molecular complexity index is 316. The van der Waals surface area contributed by atoms with Gasteiger partial charge in [-0.05, 0) is 17.5 Å². The standard InChI is InChI=1S/C12H14ClF3/c1-2-3-9-4-6-10(7-5-9)11(13)8-12(14,15)16/h4-7,11H,2-3,8H2,1H3. The lowest BCUT2D eigenvalue weighted by atomic mass is 10.0. The monoisotopic (exact) mass is 250 g/mol. The van der Waals surface area contributed by atoms with Gasteiger partial charge in [-0.15, -0.1) is 11.6 Å². The van der Waals surface area contributed by atoms with Crippen LogP contribution in [0.4, 0.5) is 13.2 Å². The molecule has 0 N–H and O–H groups in total. The second-order valence-corrected chi connectivity index (χ2v) is 4.31. The molecule has 0 aliphatic carbocycles. The second kappa shape index (κ2) is 5.58. The summed E-state index contributed by atoms with van der Waals surface area (Å²) < 4.78 is 36.3. The summed E-state index contributed by atoms with van der Waals surface area (Å²) in [4.78, 5) is 0. The minimum Gasteiger partial charge on any atom is -0.171 e. The zero-order valence-electron chi connectivity index (χ0n) is 9.02. The molecule has 0 heterocycles. The van der Waals surface area contributed by atoms with E-state index >= 15 is 0 Å². The molecule has 16 heavy (non-hydrogen) atoms. The van der Waals surface area contributed by atoms with E-state index < -0.39 is 18.0 Å². The Morgan fingerprint density at radius 2 is 1.75 bits per heavy atom. The number of alkyl halides is 4. The summed E-state index contributed by atoms with van der Waals surface area (Å²) in [5.74, 6) is 0. The van der Waals surface area contributed by atoms with Crippen molar-refractivity contribution >= 4 is 11.6 Å². The molecule has 0 saturated heterocycles. The molecule has 1 rings (SSSR count). The number of hydrogen-bond acceptors (Lipinski definition) is 0. The molecule has 0 radical (unpaired) electrons. The summed E-state index contributed by atoms with van der Waals surface area (Å²) >= 11 is 5.70. The van der Waals surface area contributed by atoms with Crippen molar-refractivity contribution in [1.82, 2.24) is 0 Å². The minimum absolute atomic E-state index is 0.527. The van der Waals surface area contributed by atoms with E-state index in [9.17, 15) is 13.2 Å². The third-order valence-corrected chi connectivity index (χ3v) is 2.70. The number of hydrogen-bond donors (Lipinski definition) is 0. The van der Waals surface area contributed by atoms with Gasteiger partial charge < -0.3 is 0 Å². The first-order valence-electron chi connectivity index (χ1n) is 5.22. The molecule has 0 aliphatic rings. The normalized spacial score (nSPS) is 13.8. The van der Waals surface area contributed by atoms with Gasteiger partial charge in [-0.2, -0.15) is 13.2 Å². The van der Waals surface area contributed by atoms with Crippen LogP contribution >= 0.6 is 11.6 Å². The molecule has 4 heteroatoms. The first-order valence-corrected chi connectivity index (χ1v) is 5.65. The predicted molar refractivity (Wildman–Crippen MR) is 59.7 cm³/mol. The first-order chi connectivity index (χ1) is 7.42. The fourth-order valence-corrected chi connectivity index (χ4v) is 1.82. The van der Waals surface area contributed by atoms with Crippen molar-refractivity contribution in [3.8, 4) is 0 Å². The zero-order valence-corrected chi connectivity index (χ0v) is 9.78. The Morgan fingerprint density at radius 1 is 1.19 bits per heavy atom. The van der Waals surface area contributed by atoms with Crippen molar-refractivity contribution in [2.45, 2.75) is 37.7 Å². The van der Waals surface area contributed by atoms with Crippen LogP contribution in [0.25, 0.3) is 0 Å². The van der Waals surface area contributed by atoms with Crippen LogP contribution in [0.3, 0.4) is 0 Å². The fraction of sp³-hybridized carbons (Fsp3) is 0.500. The maximum absolute atomic E-state index is 12.1. The Balaban J connectivity index is 2.66. The summed E-state index contributed by atoms with van der Waals surface area (Å²) in [6, 6.07) is 7.03. The lowest BCUT2D eigenvalue weighted by Gasteiger charge is -2.12. The van der Waals surface area contributed by atoms with Crippen LogP contribution in [-0.4, -0.2) is 6.18 Å². The smallest absolute Gasteiger partial charge is 0.171 e. The van der Waals surface area contributed by atoms with Crippen molar-refractivity contribution in [2.24, 2.45) is 0 Å². The van der Waals surface area contributed by atoms with Crippen molar-refractivity contribution in [2.75, 3.05) is 0 Å². The Morgan fingerprint density at radius 3 is 2.19 bits per heavy atom. The maximum Gasteiger partial charge on any atom is 0.390 e. The summed E-state index contributed by atoms with van der Waals surface area (Å²) in [5.41, 5.74) is 1.65. The van der Waals surface area contributed by atoms with Gasteiger partial charge in [0.2, 0.25) is 0 Å². The Labute approximate surface area is 98.4 Å². The fourth-order valence-electron chi connectivity index (χ4n) is 1.50. The van der Waals surface area contributed by atoms with E-state index in [4.69, 9.17) is 11.6 Å². The number of benzene rings is 1. The van der Waals surface area contributed by atoms with Gasteiger partial charge in [0.25, 0.3) is 0 Å². The van der Waals surface area contributed by atoms with Crippen LogP contribution in [-0.2, 0) is 6.42 Å². The molecule has 0 fully saturated rings. The molecule has 0 bridgehead atoms. The third-order valence-electron chi connectivity index (χ3n) is 2.29. The molecule has 0 aromatic heterocycles. The highest BCUT2D eigenvalue weighted by Crippen LogP contribution is 2.33. The molecule has 0 amide bonds. The van der Waals surface area contributed by atoms with E-state index in [2.05, 4.69) is 6.92 Å². The lowest BCUT2D eigenvalue weighted by Crippen LogP contribution is -2.10. The van der Waals surface area contributed by atoms with Crippen molar-refractivity contribution < 1.29 is 13.2 Å². The average molecular weight is 251 g/mol. The van der Waals surface area contributed by atoms with E-state index in [1.165, 1.54) is 0 Å². The Kier molecular flexibility index (Phi) is 4.66. The van der Waals surface area contributed by atoms with E-state index in [1.54, 1.807) is 12.1 Å². The highest BCUT2D eigenvalue weighted by Gasteiger charge is 2.31. The van der Waals surface area contributed by atoms with Crippen LogP contribution < -0.4 is 0 Å². The van der Waals surface area contributed by atoms with E-state index in [0.717, 1.165) is 18.4 Å². The summed E-state index contributed by atoms with van der Waals surface area (Å²) in [6.07, 6.45) is -3.24. The van der Waals surface area contributed by atoms with E-state index in [-0.39, 0.29) is 0 Å². The SMILES string of the molecule is CCCc1ccc(C(Cl)CC(F)(F)F)cc1. The van der Waals surface area contributed by atoms with E-state index in [1.807, 2.05) is 12.1 Å². The third kappa shape index (κ3) is 4.44. The highest BCUT2D eigenvalue weighted by molar-refractivity contribution is 6.20. The van der Waals surface area contributed by atoms with Crippen LogP contribution in [0.5, 0.6) is 0 Å². The minimum atomic E-state index is -4.21. The van der Waals surface area contributed by atoms with Crippen molar-refractivity contribution in [1.29, 1.82) is 0 Å². The molecule has 0 saturated carbocycles. The highest BCUT2D eigenvalue weighted by atomic mass is 35.5. The van der Waals surface area contributed by atoms with Crippen molar-refractivity contribution in [3.63, 3.8) is 0 Å². The number of aryl methyl sites for hydroxylation is 1. The van der Waals surface area contributed by atoms with Crippen LogP contribution in [0.1, 0.15) is 36.3 Å². The second-order valence-electron chi connectivity index (χ2n) is 3.78. The van der Waals surface area contributed by atoms with Gasteiger partial charge in [0.1, 0.15) is 0 Å². The van der Waals surface area contributed by atoms with E-state index in [0.29, 0.717) is 5.56 Å². The van der Waals surface area contributed by atoms with Gasteiger partial charge in [-0.1, -0.05) is 37.6 Å². The van der Waals surface area contributed by atoms with Gasteiger partial charge in [0, 0.05) is 0 Å². The topological polar surface area (TPSA) is 0 Å². The molecule has 90 valence electrons. The van der Waals surface area contributed by atoms with Crippen LogP contribution in [0.15, 0.2) is 24.3 Å². The lowest BCUT2D eigenvalue weighted by molar-refractivity contribution is -0.134. The average Bonchev–Trinajstić information content (AvgIpc) is 2.16. The van der Waals surface area contributed by atoms with Gasteiger partial charge in [0.15, 0.2) is 0 Å².